The molecule has 0 radical (unpaired) electrons. The van der Waals surface area contributed by atoms with E-state index in [4.69, 9.17) is 0 Å². The Balaban J connectivity index is 1.54. The van der Waals surface area contributed by atoms with Crippen LogP contribution < -0.4 is 0 Å². The lowest BCUT2D eigenvalue weighted by molar-refractivity contribution is -0.139. The monoisotopic (exact) mass is 278 g/mol. The number of amides is 2. The largest absolute Gasteiger partial charge is 0.339 e. The SMILES string of the molecule is O=C(c1cccs1)N1CCN(C(=O)C2CCC2)CC1. The van der Waals surface area contributed by atoms with E-state index >= 15 is 0 Å². The van der Waals surface area contributed by atoms with Crippen molar-refractivity contribution < 1.29 is 9.59 Å². The third kappa shape index (κ3) is 2.52. The molecule has 19 heavy (non-hydrogen) atoms. The van der Waals surface area contributed by atoms with Gasteiger partial charge in [-0.1, -0.05) is 12.5 Å². The zero-order valence-electron chi connectivity index (χ0n) is 10.9. The molecule has 0 bridgehead atoms. The summed E-state index contributed by atoms with van der Waals surface area (Å²) in [5, 5.41) is 1.92. The minimum absolute atomic E-state index is 0.103. The molecule has 2 fully saturated rings. The van der Waals surface area contributed by atoms with Crippen LogP contribution in [-0.2, 0) is 4.79 Å². The lowest BCUT2D eigenvalue weighted by atomic mass is 9.84. The summed E-state index contributed by atoms with van der Waals surface area (Å²) in [5.74, 6) is 0.666. The van der Waals surface area contributed by atoms with Crippen LogP contribution in [0.15, 0.2) is 17.5 Å². The molecule has 1 saturated heterocycles. The van der Waals surface area contributed by atoms with Crippen LogP contribution in [-0.4, -0.2) is 47.8 Å². The molecule has 0 spiro atoms. The minimum Gasteiger partial charge on any atom is -0.339 e. The number of piperazine rings is 1. The predicted molar refractivity (Wildman–Crippen MR) is 74.1 cm³/mol. The molecule has 0 aromatic carbocycles. The zero-order chi connectivity index (χ0) is 13.2. The van der Waals surface area contributed by atoms with Gasteiger partial charge >= 0.3 is 0 Å². The molecular weight excluding hydrogens is 260 g/mol. The second-order valence-corrected chi connectivity index (χ2v) is 6.17. The van der Waals surface area contributed by atoms with Crippen LogP contribution >= 0.6 is 11.3 Å². The molecule has 2 heterocycles. The van der Waals surface area contributed by atoms with Crippen molar-refractivity contribution in [3.63, 3.8) is 0 Å². The van der Waals surface area contributed by atoms with Gasteiger partial charge in [0.1, 0.15) is 0 Å². The summed E-state index contributed by atoms with van der Waals surface area (Å²) in [6, 6.07) is 3.76. The van der Waals surface area contributed by atoms with Crippen molar-refractivity contribution in [2.24, 2.45) is 5.92 Å². The van der Waals surface area contributed by atoms with Crippen molar-refractivity contribution >= 4 is 23.2 Å². The summed E-state index contributed by atoms with van der Waals surface area (Å²) in [6.45, 7) is 2.70. The van der Waals surface area contributed by atoms with Crippen LogP contribution in [0.5, 0.6) is 0 Å². The van der Waals surface area contributed by atoms with Crippen molar-refractivity contribution in [1.29, 1.82) is 0 Å². The van der Waals surface area contributed by atoms with E-state index in [-0.39, 0.29) is 11.8 Å². The van der Waals surface area contributed by atoms with Gasteiger partial charge < -0.3 is 9.80 Å². The van der Waals surface area contributed by atoms with Crippen molar-refractivity contribution in [1.82, 2.24) is 9.80 Å². The molecule has 102 valence electrons. The fraction of sp³-hybridized carbons (Fsp3) is 0.571. The molecule has 1 aromatic rings. The molecular formula is C14H18N2O2S. The Kier molecular flexibility index (Phi) is 3.55. The van der Waals surface area contributed by atoms with Gasteiger partial charge in [-0.3, -0.25) is 9.59 Å². The van der Waals surface area contributed by atoms with Gasteiger partial charge in [0.15, 0.2) is 0 Å². The number of carbonyl (C=O) groups is 2. The van der Waals surface area contributed by atoms with Gasteiger partial charge in [0, 0.05) is 32.1 Å². The van der Waals surface area contributed by atoms with Crippen LogP contribution in [0.2, 0.25) is 0 Å². The highest BCUT2D eigenvalue weighted by Gasteiger charge is 2.32. The number of carbonyl (C=O) groups excluding carboxylic acids is 2. The van der Waals surface area contributed by atoms with Crippen LogP contribution in [0.3, 0.4) is 0 Å². The maximum Gasteiger partial charge on any atom is 0.264 e. The third-order valence-electron chi connectivity index (χ3n) is 4.06. The fourth-order valence-corrected chi connectivity index (χ4v) is 3.29. The minimum atomic E-state index is 0.103. The molecule has 1 aliphatic heterocycles. The van der Waals surface area contributed by atoms with Gasteiger partial charge in [0.2, 0.25) is 5.91 Å². The highest BCUT2D eigenvalue weighted by atomic mass is 32.1. The maximum absolute atomic E-state index is 12.2. The molecule has 1 aliphatic carbocycles. The van der Waals surface area contributed by atoms with Crippen LogP contribution in [0.1, 0.15) is 28.9 Å². The van der Waals surface area contributed by atoms with Crippen molar-refractivity contribution in [3.05, 3.63) is 22.4 Å². The molecule has 3 rings (SSSR count). The molecule has 0 atom stereocenters. The Morgan fingerprint density at radius 2 is 1.79 bits per heavy atom. The molecule has 0 unspecified atom stereocenters. The van der Waals surface area contributed by atoms with E-state index in [9.17, 15) is 9.59 Å². The average molecular weight is 278 g/mol. The van der Waals surface area contributed by atoms with Gasteiger partial charge in [-0.25, -0.2) is 0 Å². The number of rotatable bonds is 2. The van der Waals surface area contributed by atoms with Gasteiger partial charge in [-0.15, -0.1) is 11.3 Å². The first-order valence-electron chi connectivity index (χ1n) is 6.87. The summed E-state index contributed by atoms with van der Waals surface area (Å²) < 4.78 is 0. The predicted octanol–water partition coefficient (Wildman–Crippen LogP) is 1.83. The molecule has 4 nitrogen and oxygen atoms in total. The highest BCUT2D eigenvalue weighted by Crippen LogP contribution is 2.28. The summed E-state index contributed by atoms with van der Waals surface area (Å²) >= 11 is 1.48. The maximum atomic E-state index is 12.2. The summed E-state index contributed by atoms with van der Waals surface area (Å²) in [6.07, 6.45) is 3.29. The Labute approximate surface area is 117 Å². The van der Waals surface area contributed by atoms with E-state index in [1.54, 1.807) is 0 Å². The molecule has 5 heteroatoms. The number of hydrogen-bond donors (Lipinski definition) is 0. The Morgan fingerprint density at radius 1 is 1.11 bits per heavy atom. The molecule has 1 aromatic heterocycles. The van der Waals surface area contributed by atoms with Crippen LogP contribution in [0, 0.1) is 5.92 Å². The molecule has 2 aliphatic rings. The van der Waals surface area contributed by atoms with Crippen LogP contribution in [0.25, 0.3) is 0 Å². The van der Waals surface area contributed by atoms with E-state index in [2.05, 4.69) is 0 Å². The summed E-state index contributed by atoms with van der Waals surface area (Å²) in [4.78, 5) is 28.9. The molecule has 0 N–H and O–H groups in total. The number of thiophene rings is 1. The smallest absolute Gasteiger partial charge is 0.264 e. The lowest BCUT2D eigenvalue weighted by Gasteiger charge is -2.38. The number of hydrogen-bond acceptors (Lipinski definition) is 3. The fourth-order valence-electron chi connectivity index (χ4n) is 2.60. The van der Waals surface area contributed by atoms with Crippen molar-refractivity contribution in [2.75, 3.05) is 26.2 Å². The van der Waals surface area contributed by atoms with E-state index in [0.717, 1.165) is 17.7 Å². The molecule has 1 saturated carbocycles. The van der Waals surface area contributed by atoms with E-state index in [1.807, 2.05) is 27.3 Å². The number of nitrogens with zero attached hydrogens (tertiary/aromatic N) is 2. The van der Waals surface area contributed by atoms with E-state index < -0.39 is 0 Å². The average Bonchev–Trinajstić information content (AvgIpc) is 2.90. The van der Waals surface area contributed by atoms with Gasteiger partial charge in [0.25, 0.3) is 5.91 Å². The zero-order valence-corrected chi connectivity index (χ0v) is 11.7. The van der Waals surface area contributed by atoms with Crippen molar-refractivity contribution in [2.45, 2.75) is 19.3 Å². The van der Waals surface area contributed by atoms with E-state index in [1.165, 1.54) is 17.8 Å². The molecule has 2 amide bonds. The third-order valence-corrected chi connectivity index (χ3v) is 4.92. The Hall–Kier alpha value is -1.36. The highest BCUT2D eigenvalue weighted by molar-refractivity contribution is 7.12. The van der Waals surface area contributed by atoms with Gasteiger partial charge in [0.05, 0.1) is 4.88 Å². The second-order valence-electron chi connectivity index (χ2n) is 5.22. The first kappa shape index (κ1) is 12.7. The topological polar surface area (TPSA) is 40.6 Å². The van der Waals surface area contributed by atoms with Crippen molar-refractivity contribution in [3.8, 4) is 0 Å². The summed E-state index contributed by atoms with van der Waals surface area (Å²) in [7, 11) is 0. The second kappa shape index (κ2) is 5.33. The normalized spacial score (nSPS) is 20.2. The Morgan fingerprint density at radius 3 is 2.32 bits per heavy atom. The summed E-state index contributed by atoms with van der Waals surface area (Å²) in [5.41, 5.74) is 0. The van der Waals surface area contributed by atoms with Gasteiger partial charge in [-0.2, -0.15) is 0 Å². The van der Waals surface area contributed by atoms with Gasteiger partial charge in [-0.05, 0) is 24.3 Å². The Bertz CT molecular complexity index is 460. The van der Waals surface area contributed by atoms with Crippen LogP contribution in [0.4, 0.5) is 0 Å². The first-order chi connectivity index (χ1) is 9.25. The standard InChI is InChI=1S/C14H18N2O2S/c17-13(11-3-1-4-11)15-6-8-16(9-7-15)14(18)12-5-2-10-19-12/h2,5,10-11H,1,3-4,6-9H2. The lowest BCUT2D eigenvalue weighted by Crippen LogP contribution is -2.52. The van der Waals surface area contributed by atoms with E-state index in [0.29, 0.717) is 32.1 Å². The first-order valence-corrected chi connectivity index (χ1v) is 7.75. The quantitative estimate of drug-likeness (QED) is 0.828.